The van der Waals surface area contributed by atoms with Gasteiger partial charge in [-0.2, -0.15) is 8.78 Å². The van der Waals surface area contributed by atoms with Crippen LogP contribution in [0.1, 0.15) is 18.4 Å². The van der Waals surface area contributed by atoms with Crippen LogP contribution in [0.2, 0.25) is 0 Å². The SMILES string of the molecule is C=CCCCN(C)C(=NC)NCc1c(F)cccc1OC(F)F. The highest BCUT2D eigenvalue weighted by Gasteiger charge is 2.15. The molecule has 0 aliphatic rings. The maximum absolute atomic E-state index is 13.9. The second kappa shape index (κ2) is 9.76. The largest absolute Gasteiger partial charge is 0.434 e. The summed E-state index contributed by atoms with van der Waals surface area (Å²) in [5, 5.41) is 2.95. The van der Waals surface area contributed by atoms with Gasteiger partial charge < -0.3 is 15.0 Å². The number of nitrogens with one attached hydrogen (secondary N) is 1. The summed E-state index contributed by atoms with van der Waals surface area (Å²) in [7, 11) is 3.45. The van der Waals surface area contributed by atoms with Gasteiger partial charge in [0, 0.05) is 32.7 Å². The molecule has 0 bridgehead atoms. The highest BCUT2D eigenvalue weighted by atomic mass is 19.3. The lowest BCUT2D eigenvalue weighted by Gasteiger charge is -2.22. The first-order valence-electron chi connectivity index (χ1n) is 7.24. The number of hydrogen-bond acceptors (Lipinski definition) is 2. The van der Waals surface area contributed by atoms with Crippen molar-refractivity contribution in [2.45, 2.75) is 26.0 Å². The fourth-order valence-corrected chi connectivity index (χ4v) is 2.05. The molecule has 1 aromatic carbocycles. The number of nitrogens with zero attached hydrogens (tertiary/aromatic N) is 2. The van der Waals surface area contributed by atoms with Gasteiger partial charge in [-0.05, 0) is 25.0 Å². The summed E-state index contributed by atoms with van der Waals surface area (Å²) >= 11 is 0. The van der Waals surface area contributed by atoms with Gasteiger partial charge in [-0.1, -0.05) is 12.1 Å². The second-order valence-electron chi connectivity index (χ2n) is 4.85. The van der Waals surface area contributed by atoms with Crippen LogP contribution >= 0.6 is 0 Å². The molecule has 1 N–H and O–H groups in total. The average Bonchev–Trinajstić information content (AvgIpc) is 2.50. The van der Waals surface area contributed by atoms with Crippen LogP contribution < -0.4 is 10.1 Å². The number of benzene rings is 1. The third-order valence-corrected chi connectivity index (χ3v) is 3.19. The predicted octanol–water partition coefficient (Wildman–Crippen LogP) is 3.40. The van der Waals surface area contributed by atoms with Crippen LogP contribution in [0, 0.1) is 5.82 Å². The molecule has 0 unspecified atom stereocenters. The molecule has 4 nitrogen and oxygen atoms in total. The molecule has 0 atom stereocenters. The number of allylic oxidation sites excluding steroid dienone is 1. The molecule has 23 heavy (non-hydrogen) atoms. The first kappa shape index (κ1) is 18.9. The van der Waals surface area contributed by atoms with Gasteiger partial charge in [-0.3, -0.25) is 4.99 Å². The van der Waals surface area contributed by atoms with E-state index in [0.29, 0.717) is 5.96 Å². The van der Waals surface area contributed by atoms with Crippen molar-refractivity contribution in [3.05, 3.63) is 42.2 Å². The van der Waals surface area contributed by atoms with Gasteiger partial charge in [0.25, 0.3) is 0 Å². The van der Waals surface area contributed by atoms with Crippen LogP contribution in [0.3, 0.4) is 0 Å². The highest BCUT2D eigenvalue weighted by molar-refractivity contribution is 5.79. The molecule has 0 saturated heterocycles. The third-order valence-electron chi connectivity index (χ3n) is 3.19. The summed E-state index contributed by atoms with van der Waals surface area (Å²) < 4.78 is 43.0. The molecule has 1 aromatic rings. The topological polar surface area (TPSA) is 36.9 Å². The number of aliphatic imine (C=N–C) groups is 1. The van der Waals surface area contributed by atoms with Gasteiger partial charge in [-0.15, -0.1) is 6.58 Å². The highest BCUT2D eigenvalue weighted by Crippen LogP contribution is 2.23. The molecular formula is C16H22F3N3O. The Bertz CT molecular complexity index is 535. The van der Waals surface area contributed by atoms with Gasteiger partial charge in [-0.25, -0.2) is 4.39 Å². The van der Waals surface area contributed by atoms with Crippen LogP contribution in [0.5, 0.6) is 5.75 Å². The number of halogens is 3. The Morgan fingerprint density at radius 1 is 1.48 bits per heavy atom. The fraction of sp³-hybridized carbons (Fsp3) is 0.438. The smallest absolute Gasteiger partial charge is 0.387 e. The van der Waals surface area contributed by atoms with Crippen molar-refractivity contribution < 1.29 is 17.9 Å². The first-order valence-corrected chi connectivity index (χ1v) is 7.24. The number of unbranched alkanes of at least 4 members (excludes halogenated alkanes) is 1. The first-order chi connectivity index (χ1) is 11.0. The van der Waals surface area contributed by atoms with E-state index in [1.54, 1.807) is 7.05 Å². The van der Waals surface area contributed by atoms with Crippen LogP contribution in [0.25, 0.3) is 0 Å². The monoisotopic (exact) mass is 329 g/mol. The third kappa shape index (κ3) is 6.22. The van der Waals surface area contributed by atoms with Crippen LogP contribution in [0.4, 0.5) is 13.2 Å². The summed E-state index contributed by atoms with van der Waals surface area (Å²) in [4.78, 5) is 5.97. The van der Waals surface area contributed by atoms with Crippen LogP contribution in [0.15, 0.2) is 35.8 Å². The Kier molecular flexibility index (Phi) is 8.01. The summed E-state index contributed by atoms with van der Waals surface area (Å²) in [6.45, 7) is 1.39. The molecule has 0 aliphatic carbocycles. The Balaban J connectivity index is 2.73. The molecule has 7 heteroatoms. The Morgan fingerprint density at radius 2 is 2.22 bits per heavy atom. The zero-order valence-corrected chi connectivity index (χ0v) is 13.4. The summed E-state index contributed by atoms with van der Waals surface area (Å²) in [5.41, 5.74) is 0.0356. The number of hydrogen-bond donors (Lipinski definition) is 1. The summed E-state index contributed by atoms with van der Waals surface area (Å²) in [6.07, 6.45) is 3.61. The minimum atomic E-state index is -3.00. The normalized spacial score (nSPS) is 11.5. The number of ether oxygens (including phenoxy) is 1. The van der Waals surface area contributed by atoms with E-state index in [2.05, 4.69) is 21.6 Å². The summed E-state index contributed by atoms with van der Waals surface area (Å²) in [5.74, 6) is -0.252. The van der Waals surface area contributed by atoms with E-state index in [4.69, 9.17) is 0 Å². The molecule has 0 saturated carbocycles. The maximum Gasteiger partial charge on any atom is 0.387 e. The molecule has 0 aliphatic heterocycles. The minimum absolute atomic E-state index is 0.00675. The summed E-state index contributed by atoms with van der Waals surface area (Å²) in [6, 6.07) is 3.83. The molecule has 0 spiro atoms. The van der Waals surface area contributed by atoms with Crippen molar-refractivity contribution >= 4 is 5.96 Å². The molecule has 0 fully saturated rings. The van der Waals surface area contributed by atoms with Gasteiger partial charge in [0.2, 0.25) is 0 Å². The van der Waals surface area contributed by atoms with Crippen molar-refractivity contribution in [2.24, 2.45) is 4.99 Å². The average molecular weight is 329 g/mol. The zero-order chi connectivity index (χ0) is 17.2. The van der Waals surface area contributed by atoms with Gasteiger partial charge in [0.05, 0.1) is 0 Å². The molecule has 128 valence electrons. The van der Waals surface area contributed by atoms with Crippen molar-refractivity contribution in [3.63, 3.8) is 0 Å². The van der Waals surface area contributed by atoms with Crippen LogP contribution in [-0.2, 0) is 6.54 Å². The number of alkyl halides is 2. The lowest BCUT2D eigenvalue weighted by molar-refractivity contribution is -0.0506. The zero-order valence-electron chi connectivity index (χ0n) is 13.4. The second-order valence-corrected chi connectivity index (χ2v) is 4.85. The van der Waals surface area contributed by atoms with E-state index in [1.807, 2.05) is 18.0 Å². The minimum Gasteiger partial charge on any atom is -0.434 e. The van der Waals surface area contributed by atoms with Gasteiger partial charge >= 0.3 is 6.61 Å². The van der Waals surface area contributed by atoms with Gasteiger partial charge in [0.1, 0.15) is 11.6 Å². The maximum atomic E-state index is 13.9. The van der Waals surface area contributed by atoms with E-state index in [0.717, 1.165) is 19.4 Å². The van der Waals surface area contributed by atoms with Gasteiger partial charge in [0.15, 0.2) is 5.96 Å². The van der Waals surface area contributed by atoms with E-state index in [1.165, 1.54) is 18.2 Å². The quantitative estimate of drug-likeness (QED) is 0.344. The standard InChI is InChI=1S/C16H22F3N3O/c1-4-5-6-10-22(3)16(20-2)21-11-12-13(17)8-7-9-14(12)23-15(18)19/h4,7-9,15H,1,5-6,10-11H2,2-3H3,(H,20,21). The predicted molar refractivity (Wildman–Crippen MR) is 85.3 cm³/mol. The van der Waals surface area contributed by atoms with E-state index in [9.17, 15) is 13.2 Å². The van der Waals surface area contributed by atoms with Crippen molar-refractivity contribution in [1.82, 2.24) is 10.2 Å². The van der Waals surface area contributed by atoms with Crippen LogP contribution in [-0.4, -0.2) is 38.1 Å². The lowest BCUT2D eigenvalue weighted by atomic mass is 10.2. The van der Waals surface area contributed by atoms with Crippen molar-refractivity contribution in [1.29, 1.82) is 0 Å². The van der Waals surface area contributed by atoms with E-state index in [-0.39, 0.29) is 17.9 Å². The fourth-order valence-electron chi connectivity index (χ4n) is 2.05. The Hall–Kier alpha value is -2.18. The van der Waals surface area contributed by atoms with E-state index >= 15 is 0 Å². The Morgan fingerprint density at radius 3 is 2.83 bits per heavy atom. The van der Waals surface area contributed by atoms with Crippen molar-refractivity contribution in [2.75, 3.05) is 20.6 Å². The lowest BCUT2D eigenvalue weighted by Crippen LogP contribution is -2.39. The molecular weight excluding hydrogens is 307 g/mol. The molecule has 1 rings (SSSR count). The molecule has 0 amide bonds. The molecule has 0 radical (unpaired) electrons. The number of guanidine groups is 1. The van der Waals surface area contributed by atoms with E-state index < -0.39 is 12.4 Å². The van der Waals surface area contributed by atoms with Crippen molar-refractivity contribution in [3.8, 4) is 5.75 Å². The Labute approximate surface area is 134 Å². The molecule has 0 heterocycles. The molecule has 0 aromatic heterocycles. The number of rotatable bonds is 8.